The van der Waals surface area contributed by atoms with Crippen LogP contribution in [0.1, 0.15) is 109 Å². The molecular formula is C32H29F8NO. The summed E-state index contributed by atoms with van der Waals surface area (Å²) in [5.74, 6) is -0.829. The second kappa shape index (κ2) is 10.3. The quantitative estimate of drug-likeness (QED) is 0.305. The van der Waals surface area contributed by atoms with E-state index in [1.165, 1.54) is 12.1 Å². The summed E-state index contributed by atoms with van der Waals surface area (Å²) >= 11 is 0. The van der Waals surface area contributed by atoms with Crippen LogP contribution >= 0.6 is 0 Å². The number of aliphatic hydroxyl groups excluding tert-OH is 1. The van der Waals surface area contributed by atoms with Gasteiger partial charge in [0.2, 0.25) is 0 Å². The van der Waals surface area contributed by atoms with Crippen LogP contribution in [0.15, 0.2) is 42.5 Å². The lowest BCUT2D eigenvalue weighted by molar-refractivity contribution is -0.143. The number of pyridine rings is 1. The number of hydrogen-bond acceptors (Lipinski definition) is 2. The predicted octanol–water partition coefficient (Wildman–Crippen LogP) is 9.79. The molecule has 1 heterocycles. The molecule has 2 unspecified atom stereocenters. The fraction of sp³-hybridized carbons (Fsp3) is 0.469. The third kappa shape index (κ3) is 5.20. The number of aliphatic hydroxyl groups is 1. The molecule has 0 bridgehead atoms. The number of benzene rings is 2. The first-order chi connectivity index (χ1) is 19.8. The Hall–Kier alpha value is -3.01. The Labute approximate surface area is 237 Å². The summed E-state index contributed by atoms with van der Waals surface area (Å²) < 4.78 is 113. The van der Waals surface area contributed by atoms with Gasteiger partial charge in [-0.15, -0.1) is 0 Å². The third-order valence-corrected chi connectivity index (χ3v) is 9.33. The van der Waals surface area contributed by atoms with E-state index < -0.39 is 47.1 Å². The van der Waals surface area contributed by atoms with Crippen LogP contribution < -0.4 is 0 Å². The van der Waals surface area contributed by atoms with Gasteiger partial charge in [0.05, 0.1) is 22.9 Å². The molecule has 0 radical (unpaired) electrons. The number of hydrogen-bond donors (Lipinski definition) is 1. The van der Waals surface area contributed by atoms with Crippen molar-refractivity contribution in [3.63, 3.8) is 0 Å². The first-order valence-electron chi connectivity index (χ1n) is 14.2. The summed E-state index contributed by atoms with van der Waals surface area (Å²) in [5, 5.41) is 11.5. The number of alkyl halides is 7. The lowest BCUT2D eigenvalue weighted by atomic mass is 9.59. The molecule has 6 rings (SSSR count). The molecule has 3 aliphatic carbocycles. The van der Waals surface area contributed by atoms with Crippen molar-refractivity contribution in [1.29, 1.82) is 0 Å². The third-order valence-electron chi connectivity index (χ3n) is 9.33. The minimum Gasteiger partial charge on any atom is -0.388 e. The molecule has 2 aromatic carbocycles. The number of fused-ring (bicyclic) bond motifs is 1. The highest BCUT2D eigenvalue weighted by Gasteiger charge is 2.46. The molecule has 2 saturated carbocycles. The Morgan fingerprint density at radius 1 is 0.857 bits per heavy atom. The van der Waals surface area contributed by atoms with Gasteiger partial charge in [-0.3, -0.25) is 4.98 Å². The fourth-order valence-electron chi connectivity index (χ4n) is 7.16. The highest BCUT2D eigenvalue weighted by atomic mass is 19.4. The SMILES string of the molecule is OC1CC2(CCC2)Cc2nc(C3CCCC3)c(C(F)c3cc(C(F)(F)F)cc(C(F)(F)F)c3)c(-c3ccc(F)cc3)c21. The zero-order valence-electron chi connectivity index (χ0n) is 22.6. The molecule has 2 nitrogen and oxygen atoms in total. The van der Waals surface area contributed by atoms with Crippen molar-refractivity contribution in [2.24, 2.45) is 5.41 Å². The maximum atomic E-state index is 16.9. The van der Waals surface area contributed by atoms with Crippen LogP contribution in [0.3, 0.4) is 0 Å². The van der Waals surface area contributed by atoms with E-state index in [9.17, 15) is 35.8 Å². The normalized spacial score (nSPS) is 21.3. The number of halogens is 8. The Bertz CT molecular complexity index is 1450. The van der Waals surface area contributed by atoms with E-state index in [-0.39, 0.29) is 28.5 Å². The van der Waals surface area contributed by atoms with Gasteiger partial charge in [-0.05, 0) is 91.0 Å². The Balaban J connectivity index is 1.64. The van der Waals surface area contributed by atoms with Crippen LogP contribution in [-0.4, -0.2) is 10.1 Å². The van der Waals surface area contributed by atoms with Gasteiger partial charge in [0.15, 0.2) is 6.17 Å². The Morgan fingerprint density at radius 2 is 1.45 bits per heavy atom. The summed E-state index contributed by atoms with van der Waals surface area (Å²) in [6.45, 7) is 0. The van der Waals surface area contributed by atoms with E-state index in [0.29, 0.717) is 60.3 Å². The maximum absolute atomic E-state index is 16.9. The monoisotopic (exact) mass is 595 g/mol. The van der Waals surface area contributed by atoms with E-state index in [2.05, 4.69) is 0 Å². The predicted molar refractivity (Wildman–Crippen MR) is 140 cm³/mol. The highest BCUT2D eigenvalue weighted by Crippen LogP contribution is 2.56. The van der Waals surface area contributed by atoms with Gasteiger partial charge in [-0.1, -0.05) is 31.4 Å². The molecule has 3 aliphatic rings. The summed E-state index contributed by atoms with van der Waals surface area (Å²) in [6, 6.07) is 5.90. The zero-order chi connectivity index (χ0) is 30.0. The number of nitrogens with zero attached hydrogens (tertiary/aromatic N) is 1. The molecule has 1 aromatic heterocycles. The lowest BCUT2D eigenvalue weighted by Gasteiger charge is -2.47. The van der Waals surface area contributed by atoms with Gasteiger partial charge in [0.1, 0.15) is 5.82 Å². The Kier molecular flexibility index (Phi) is 7.14. The van der Waals surface area contributed by atoms with Crippen molar-refractivity contribution in [1.82, 2.24) is 4.98 Å². The standard InChI is InChI=1S/C32H29F8NO/c33-22-8-6-17(7-9-22)25-26-23(15-30(10-3-11-30)16-24(26)42)41-29(18-4-1-2-5-18)27(25)28(34)19-12-20(31(35,36)37)14-21(13-19)32(38,39)40/h6-9,12-14,18,24,28,42H,1-5,10-11,15-16H2. The van der Waals surface area contributed by atoms with Gasteiger partial charge in [-0.25, -0.2) is 8.78 Å². The van der Waals surface area contributed by atoms with E-state index in [1.807, 2.05) is 0 Å². The zero-order valence-corrected chi connectivity index (χ0v) is 22.6. The van der Waals surface area contributed by atoms with Crippen LogP contribution in [-0.2, 0) is 18.8 Å². The van der Waals surface area contributed by atoms with Crippen molar-refractivity contribution < 1.29 is 40.2 Å². The van der Waals surface area contributed by atoms with Crippen LogP contribution in [0.5, 0.6) is 0 Å². The average Bonchev–Trinajstić information content (AvgIpc) is 3.45. The molecule has 0 aliphatic heterocycles. The lowest BCUT2D eigenvalue weighted by Crippen LogP contribution is -2.38. The van der Waals surface area contributed by atoms with E-state index in [4.69, 9.17) is 4.98 Å². The molecule has 1 spiro atoms. The number of rotatable bonds is 4. The van der Waals surface area contributed by atoms with Crippen LogP contribution in [0, 0.1) is 11.2 Å². The largest absolute Gasteiger partial charge is 0.416 e. The van der Waals surface area contributed by atoms with Crippen molar-refractivity contribution in [2.45, 2.75) is 88.3 Å². The molecule has 42 heavy (non-hydrogen) atoms. The van der Waals surface area contributed by atoms with E-state index >= 15 is 4.39 Å². The Morgan fingerprint density at radius 3 is 1.98 bits per heavy atom. The van der Waals surface area contributed by atoms with Crippen molar-refractivity contribution in [3.8, 4) is 11.1 Å². The van der Waals surface area contributed by atoms with Crippen LogP contribution in [0.25, 0.3) is 11.1 Å². The molecule has 0 saturated heterocycles. The summed E-state index contributed by atoms with van der Waals surface area (Å²) in [4.78, 5) is 4.90. The second-order valence-corrected chi connectivity index (χ2v) is 12.1. The molecule has 2 fully saturated rings. The average molecular weight is 596 g/mol. The molecule has 2 atom stereocenters. The summed E-state index contributed by atoms with van der Waals surface area (Å²) in [6.07, 6.45) is -7.16. The van der Waals surface area contributed by atoms with Gasteiger partial charge >= 0.3 is 12.4 Å². The van der Waals surface area contributed by atoms with Gasteiger partial charge < -0.3 is 5.11 Å². The van der Waals surface area contributed by atoms with Crippen LogP contribution in [0.2, 0.25) is 0 Å². The highest BCUT2D eigenvalue weighted by molar-refractivity contribution is 5.75. The second-order valence-electron chi connectivity index (χ2n) is 12.1. The molecule has 1 N–H and O–H groups in total. The maximum Gasteiger partial charge on any atom is 0.416 e. The van der Waals surface area contributed by atoms with Gasteiger partial charge in [0.25, 0.3) is 0 Å². The number of aromatic nitrogens is 1. The van der Waals surface area contributed by atoms with Crippen molar-refractivity contribution in [3.05, 3.63) is 87.5 Å². The van der Waals surface area contributed by atoms with E-state index in [1.54, 1.807) is 0 Å². The first kappa shape index (κ1) is 29.1. The van der Waals surface area contributed by atoms with Crippen molar-refractivity contribution in [2.75, 3.05) is 0 Å². The van der Waals surface area contributed by atoms with Crippen LogP contribution in [0.4, 0.5) is 35.1 Å². The molecule has 10 heteroatoms. The van der Waals surface area contributed by atoms with Crippen molar-refractivity contribution >= 4 is 0 Å². The summed E-state index contributed by atoms with van der Waals surface area (Å²) in [7, 11) is 0. The van der Waals surface area contributed by atoms with E-state index in [0.717, 1.165) is 44.2 Å². The molecule has 224 valence electrons. The minimum atomic E-state index is -5.15. The molecule has 3 aromatic rings. The smallest absolute Gasteiger partial charge is 0.388 e. The van der Waals surface area contributed by atoms with Gasteiger partial charge in [0, 0.05) is 22.7 Å². The molecule has 0 amide bonds. The fourth-order valence-corrected chi connectivity index (χ4v) is 7.16. The molecular weight excluding hydrogens is 566 g/mol. The topological polar surface area (TPSA) is 33.1 Å². The minimum absolute atomic E-state index is 0.0259. The van der Waals surface area contributed by atoms with Gasteiger partial charge in [-0.2, -0.15) is 26.3 Å². The first-order valence-corrected chi connectivity index (χ1v) is 14.2. The summed E-state index contributed by atoms with van der Waals surface area (Å²) in [5.41, 5.74) is -2.63.